The first-order valence-electron chi connectivity index (χ1n) is 11.0. The van der Waals surface area contributed by atoms with Crippen LogP contribution in [0.15, 0.2) is 54.6 Å². The van der Waals surface area contributed by atoms with Crippen molar-refractivity contribution >= 4 is 23.4 Å². The minimum Gasteiger partial charge on any atom is -0.349 e. The molecule has 2 aromatic carbocycles. The molecule has 2 amide bonds. The van der Waals surface area contributed by atoms with Crippen LogP contribution in [-0.2, 0) is 6.42 Å². The summed E-state index contributed by atoms with van der Waals surface area (Å²) < 4.78 is 41.2. The molecule has 4 rings (SSSR count). The predicted molar refractivity (Wildman–Crippen MR) is 124 cm³/mol. The average molecular weight is 485 g/mol. The van der Waals surface area contributed by atoms with E-state index in [-0.39, 0.29) is 23.7 Å². The third kappa shape index (κ3) is 5.68. The quantitative estimate of drug-likeness (QED) is 0.358. The van der Waals surface area contributed by atoms with Crippen molar-refractivity contribution in [2.75, 3.05) is 23.3 Å². The normalized spacial score (nSPS) is 15.2. The van der Waals surface area contributed by atoms with Crippen LogP contribution in [0.25, 0.3) is 0 Å². The van der Waals surface area contributed by atoms with Crippen LogP contribution in [-0.4, -0.2) is 29.0 Å². The van der Waals surface area contributed by atoms with Gasteiger partial charge in [-0.3, -0.25) is 15.4 Å². The molecule has 0 bridgehead atoms. The van der Waals surface area contributed by atoms with Gasteiger partial charge in [-0.15, -0.1) is 0 Å². The van der Waals surface area contributed by atoms with Gasteiger partial charge in [0.15, 0.2) is 0 Å². The Morgan fingerprint density at radius 1 is 1.09 bits per heavy atom. The number of halogens is 3. The Morgan fingerprint density at radius 3 is 2.57 bits per heavy atom. The maximum Gasteiger partial charge on any atom is 0.320 e. The van der Waals surface area contributed by atoms with E-state index in [1.54, 1.807) is 17.0 Å². The topological polar surface area (TPSA) is 100 Å². The molecule has 2 N–H and O–H groups in total. The Hall–Kier alpha value is -4.15. The van der Waals surface area contributed by atoms with Gasteiger partial charge in [-0.2, -0.15) is 0 Å². The van der Waals surface area contributed by atoms with Gasteiger partial charge in [0.2, 0.25) is 5.82 Å². The van der Waals surface area contributed by atoms with Gasteiger partial charge in [-0.1, -0.05) is 12.1 Å². The molecule has 35 heavy (non-hydrogen) atoms. The number of carbonyl (C=O) groups excluding carboxylic acids is 1. The molecule has 0 unspecified atom stereocenters. The number of nitrogens with one attached hydrogen (secondary N) is 2. The Kier molecular flexibility index (Phi) is 7.14. The largest absolute Gasteiger partial charge is 0.349 e. The molecule has 1 aromatic heterocycles. The van der Waals surface area contributed by atoms with Crippen LogP contribution >= 0.6 is 0 Å². The lowest BCUT2D eigenvalue weighted by Gasteiger charge is -2.26. The van der Waals surface area contributed by atoms with Gasteiger partial charge < -0.3 is 10.2 Å². The molecule has 1 atom stereocenters. The monoisotopic (exact) mass is 485 g/mol. The summed E-state index contributed by atoms with van der Waals surface area (Å²) in [5.41, 5.74) is 0.577. The van der Waals surface area contributed by atoms with E-state index in [9.17, 15) is 28.1 Å². The molecule has 0 radical (unpaired) electrons. The molecule has 182 valence electrons. The minimum atomic E-state index is -0.700. The maximum absolute atomic E-state index is 14.4. The lowest BCUT2D eigenvalue weighted by molar-refractivity contribution is -0.384. The number of hydrogen-bond acceptors (Lipinski definition) is 5. The first kappa shape index (κ1) is 24.0. The summed E-state index contributed by atoms with van der Waals surface area (Å²) in [6.07, 6.45) is 1.66. The van der Waals surface area contributed by atoms with Crippen LogP contribution in [0.2, 0.25) is 0 Å². The molecule has 1 aliphatic rings. The number of urea groups is 1. The molecule has 3 aromatic rings. The first-order chi connectivity index (χ1) is 16.8. The second-order valence-electron chi connectivity index (χ2n) is 8.07. The second kappa shape index (κ2) is 10.4. The highest BCUT2D eigenvalue weighted by Gasteiger charge is 2.31. The smallest absolute Gasteiger partial charge is 0.320 e. The molecular weight excluding hydrogens is 463 g/mol. The van der Waals surface area contributed by atoms with Crippen molar-refractivity contribution in [2.45, 2.75) is 25.3 Å². The average Bonchev–Trinajstić information content (AvgIpc) is 3.31. The van der Waals surface area contributed by atoms with Crippen molar-refractivity contribution in [2.24, 2.45) is 0 Å². The van der Waals surface area contributed by atoms with Crippen molar-refractivity contribution in [3.8, 4) is 0 Å². The van der Waals surface area contributed by atoms with E-state index in [1.165, 1.54) is 24.3 Å². The zero-order valence-corrected chi connectivity index (χ0v) is 18.5. The summed E-state index contributed by atoms with van der Waals surface area (Å²) in [5, 5.41) is 16.5. The van der Waals surface area contributed by atoms with Crippen LogP contribution in [0.3, 0.4) is 0 Å². The number of rotatable bonds is 7. The number of pyridine rings is 1. The standard InChI is InChI=1S/C24H22F3N5O3/c25-16-5-3-15(4-6-16)11-12-28-24(33)30-23-21(32(34)35)9-10-22(29-23)31-13-1-2-20(31)18-14-17(26)7-8-19(18)27/h3-10,14,20H,1-2,11-13H2,(H2,28,29,30,33)/t20-/m1/s1. The molecule has 0 saturated carbocycles. The molecular formula is C24H22F3N5O3. The van der Waals surface area contributed by atoms with Crippen molar-refractivity contribution in [3.63, 3.8) is 0 Å². The highest BCUT2D eigenvalue weighted by atomic mass is 19.1. The van der Waals surface area contributed by atoms with Gasteiger partial charge >= 0.3 is 11.7 Å². The Labute approximate surface area is 198 Å². The van der Waals surface area contributed by atoms with Crippen molar-refractivity contribution < 1.29 is 22.9 Å². The number of benzene rings is 2. The molecule has 1 fully saturated rings. The van der Waals surface area contributed by atoms with Crippen LogP contribution < -0.4 is 15.5 Å². The van der Waals surface area contributed by atoms with Gasteiger partial charge in [-0.25, -0.2) is 22.9 Å². The van der Waals surface area contributed by atoms with Crippen LogP contribution in [0, 0.1) is 27.6 Å². The summed E-state index contributed by atoms with van der Waals surface area (Å²) in [5.74, 6) is -1.45. The number of nitrogens with zero attached hydrogens (tertiary/aromatic N) is 3. The van der Waals surface area contributed by atoms with Gasteiger partial charge in [-0.05, 0) is 61.2 Å². The lowest BCUT2D eigenvalue weighted by Crippen LogP contribution is -2.31. The first-order valence-corrected chi connectivity index (χ1v) is 11.0. The summed E-state index contributed by atoms with van der Waals surface area (Å²) in [6, 6.07) is 10.5. The van der Waals surface area contributed by atoms with Crippen LogP contribution in [0.5, 0.6) is 0 Å². The lowest BCUT2D eigenvalue weighted by atomic mass is 10.0. The van der Waals surface area contributed by atoms with Gasteiger partial charge in [0.05, 0.1) is 11.0 Å². The fourth-order valence-electron chi connectivity index (χ4n) is 4.10. The molecule has 2 heterocycles. The highest BCUT2D eigenvalue weighted by molar-refractivity contribution is 5.90. The highest BCUT2D eigenvalue weighted by Crippen LogP contribution is 2.38. The number of amides is 2. The second-order valence-corrected chi connectivity index (χ2v) is 8.07. The van der Waals surface area contributed by atoms with Crippen molar-refractivity contribution in [1.29, 1.82) is 0 Å². The van der Waals surface area contributed by atoms with Crippen molar-refractivity contribution in [3.05, 3.63) is 93.3 Å². The number of aromatic nitrogens is 1. The third-order valence-corrected chi connectivity index (χ3v) is 5.76. The summed E-state index contributed by atoms with van der Waals surface area (Å²) in [7, 11) is 0. The Balaban J connectivity index is 1.50. The molecule has 8 nitrogen and oxygen atoms in total. The predicted octanol–water partition coefficient (Wildman–Crippen LogP) is 5.11. The molecule has 0 aliphatic carbocycles. The van der Waals surface area contributed by atoms with E-state index in [1.807, 2.05) is 0 Å². The van der Waals surface area contributed by atoms with E-state index in [0.717, 1.165) is 23.8 Å². The zero-order valence-electron chi connectivity index (χ0n) is 18.5. The number of anilines is 2. The van der Waals surface area contributed by atoms with Gasteiger partial charge in [0, 0.05) is 24.7 Å². The van der Waals surface area contributed by atoms with E-state index in [4.69, 9.17) is 0 Å². The SMILES string of the molecule is O=C(NCCc1ccc(F)cc1)Nc1nc(N2CCC[C@@H]2c2cc(F)ccc2F)ccc1[N+](=O)[O-]. The number of nitro groups is 1. The summed E-state index contributed by atoms with van der Waals surface area (Å²) in [6.45, 7) is 0.687. The third-order valence-electron chi connectivity index (χ3n) is 5.76. The zero-order chi connectivity index (χ0) is 24.9. The van der Waals surface area contributed by atoms with Gasteiger partial charge in [0.25, 0.3) is 0 Å². The molecule has 11 heteroatoms. The Bertz CT molecular complexity index is 1240. The Morgan fingerprint density at radius 2 is 1.83 bits per heavy atom. The summed E-state index contributed by atoms with van der Waals surface area (Å²) in [4.78, 5) is 29.2. The molecule has 1 aliphatic heterocycles. The fourth-order valence-corrected chi connectivity index (χ4v) is 4.10. The van der Waals surface area contributed by atoms with E-state index < -0.39 is 34.3 Å². The van der Waals surface area contributed by atoms with Crippen LogP contribution in [0.4, 0.5) is 35.3 Å². The van der Waals surface area contributed by atoms with Crippen LogP contribution in [0.1, 0.15) is 30.0 Å². The van der Waals surface area contributed by atoms with E-state index in [0.29, 0.717) is 31.6 Å². The molecule has 1 saturated heterocycles. The van der Waals surface area contributed by atoms with E-state index >= 15 is 0 Å². The van der Waals surface area contributed by atoms with Gasteiger partial charge in [0.1, 0.15) is 23.3 Å². The number of carbonyl (C=O) groups is 1. The fraction of sp³-hybridized carbons (Fsp3) is 0.250. The number of hydrogen-bond donors (Lipinski definition) is 2. The minimum absolute atomic E-state index is 0.177. The van der Waals surface area contributed by atoms with E-state index in [2.05, 4.69) is 15.6 Å². The maximum atomic E-state index is 14.4. The summed E-state index contributed by atoms with van der Waals surface area (Å²) >= 11 is 0. The van der Waals surface area contributed by atoms with Crippen molar-refractivity contribution in [1.82, 2.24) is 10.3 Å². The molecule has 0 spiro atoms.